The minimum Gasteiger partial charge on any atom is -0.324 e. The third-order valence-corrected chi connectivity index (χ3v) is 5.87. The van der Waals surface area contributed by atoms with Gasteiger partial charge in [-0.15, -0.1) is 22.7 Å². The maximum Gasteiger partial charge on any atom is 0.263 e. The Morgan fingerprint density at radius 3 is 2.81 bits per heavy atom. The second-order valence-electron chi connectivity index (χ2n) is 5.85. The van der Waals surface area contributed by atoms with Gasteiger partial charge in [-0.25, -0.2) is 4.98 Å². The van der Waals surface area contributed by atoms with Crippen molar-refractivity contribution in [2.75, 3.05) is 5.32 Å². The molecule has 5 nitrogen and oxygen atoms in total. The summed E-state index contributed by atoms with van der Waals surface area (Å²) in [6, 6.07) is 11.5. The van der Waals surface area contributed by atoms with E-state index in [0.717, 1.165) is 21.7 Å². The third kappa shape index (κ3) is 3.07. The maximum atomic E-state index is 12.9. The minimum atomic E-state index is -0.254. The zero-order chi connectivity index (χ0) is 18.1. The predicted octanol–water partition coefficient (Wildman–Crippen LogP) is 4.13. The van der Waals surface area contributed by atoms with Crippen LogP contribution in [0.25, 0.3) is 20.7 Å². The fourth-order valence-electron chi connectivity index (χ4n) is 2.75. The zero-order valence-corrected chi connectivity index (χ0v) is 15.6. The molecule has 1 amide bonds. The first-order valence-corrected chi connectivity index (χ1v) is 9.75. The topological polar surface area (TPSA) is 64.0 Å². The molecule has 0 saturated heterocycles. The number of nitrogens with one attached hydrogen (secondary N) is 1. The Balaban J connectivity index is 1.66. The fourth-order valence-corrected chi connectivity index (χ4v) is 4.47. The number of hydrogen-bond acceptors (Lipinski definition) is 5. The number of aromatic nitrogens is 2. The summed E-state index contributed by atoms with van der Waals surface area (Å²) in [6.45, 7) is 1.85. The first kappa shape index (κ1) is 16.7. The lowest BCUT2D eigenvalue weighted by atomic mass is 10.2. The molecule has 3 aromatic heterocycles. The van der Waals surface area contributed by atoms with E-state index >= 15 is 0 Å². The summed E-state index contributed by atoms with van der Waals surface area (Å²) >= 11 is 3.02. The van der Waals surface area contributed by atoms with E-state index in [1.54, 1.807) is 11.3 Å². The Kier molecular flexibility index (Phi) is 4.40. The number of benzene rings is 1. The molecule has 3 heterocycles. The molecule has 26 heavy (non-hydrogen) atoms. The van der Waals surface area contributed by atoms with Gasteiger partial charge >= 0.3 is 0 Å². The normalized spacial score (nSPS) is 11.0. The van der Waals surface area contributed by atoms with E-state index in [2.05, 4.69) is 10.3 Å². The first-order valence-electron chi connectivity index (χ1n) is 7.99. The largest absolute Gasteiger partial charge is 0.324 e. The highest BCUT2D eigenvalue weighted by Gasteiger charge is 2.15. The van der Waals surface area contributed by atoms with Gasteiger partial charge in [0.15, 0.2) is 0 Å². The van der Waals surface area contributed by atoms with Gasteiger partial charge in [-0.1, -0.05) is 24.3 Å². The molecule has 0 atom stereocenters. The first-order chi connectivity index (χ1) is 12.6. The number of carbonyl (C=O) groups excluding carboxylic acids is 1. The van der Waals surface area contributed by atoms with Crippen LogP contribution in [0, 0.1) is 6.92 Å². The maximum absolute atomic E-state index is 12.9. The van der Waals surface area contributed by atoms with E-state index < -0.39 is 0 Å². The highest BCUT2D eigenvalue weighted by Crippen LogP contribution is 2.33. The number of amides is 1. The van der Waals surface area contributed by atoms with Gasteiger partial charge in [-0.2, -0.15) is 0 Å². The van der Waals surface area contributed by atoms with E-state index in [4.69, 9.17) is 0 Å². The monoisotopic (exact) mass is 381 g/mol. The fraction of sp³-hybridized carbons (Fsp3) is 0.105. The van der Waals surface area contributed by atoms with Gasteiger partial charge in [-0.05, 0) is 30.0 Å². The molecule has 1 aromatic carbocycles. The second-order valence-corrected chi connectivity index (χ2v) is 7.65. The van der Waals surface area contributed by atoms with Crippen molar-refractivity contribution in [3.05, 3.63) is 69.4 Å². The van der Waals surface area contributed by atoms with Crippen molar-refractivity contribution < 1.29 is 4.79 Å². The molecule has 4 aromatic rings. The summed E-state index contributed by atoms with van der Waals surface area (Å²) in [5, 5.41) is 7.34. The number of hydrogen-bond donors (Lipinski definition) is 1. The summed E-state index contributed by atoms with van der Waals surface area (Å²) in [5.41, 5.74) is 2.40. The molecule has 0 bridgehead atoms. The van der Waals surface area contributed by atoms with Gasteiger partial charge in [0.1, 0.15) is 11.4 Å². The van der Waals surface area contributed by atoms with E-state index in [0.29, 0.717) is 10.2 Å². The van der Waals surface area contributed by atoms with Crippen molar-refractivity contribution in [1.29, 1.82) is 0 Å². The van der Waals surface area contributed by atoms with Crippen LogP contribution in [-0.4, -0.2) is 15.5 Å². The molecule has 130 valence electrons. The SMILES string of the molecule is Cc1ccccc1NC(=O)Cn1cnc2scc(-c3cccs3)c2c1=O. The summed E-state index contributed by atoms with van der Waals surface area (Å²) < 4.78 is 1.36. The summed E-state index contributed by atoms with van der Waals surface area (Å²) in [4.78, 5) is 31.4. The molecule has 0 aliphatic carbocycles. The van der Waals surface area contributed by atoms with Gasteiger partial charge in [-0.3, -0.25) is 14.2 Å². The molecular weight excluding hydrogens is 366 g/mol. The van der Waals surface area contributed by atoms with Crippen LogP contribution in [-0.2, 0) is 11.3 Å². The minimum absolute atomic E-state index is 0.0736. The molecule has 7 heteroatoms. The molecule has 0 aliphatic rings. The third-order valence-electron chi connectivity index (χ3n) is 4.08. The number of anilines is 1. The quantitative estimate of drug-likeness (QED) is 0.578. The van der Waals surface area contributed by atoms with Gasteiger partial charge in [0.05, 0.1) is 11.7 Å². The van der Waals surface area contributed by atoms with Crippen molar-refractivity contribution >= 4 is 44.5 Å². The Morgan fingerprint density at radius 1 is 1.19 bits per heavy atom. The smallest absolute Gasteiger partial charge is 0.263 e. The van der Waals surface area contributed by atoms with Crippen LogP contribution in [0.1, 0.15) is 5.56 Å². The summed E-state index contributed by atoms with van der Waals surface area (Å²) in [6.07, 6.45) is 1.44. The predicted molar refractivity (Wildman–Crippen MR) is 107 cm³/mol. The zero-order valence-electron chi connectivity index (χ0n) is 13.9. The van der Waals surface area contributed by atoms with Gasteiger partial charge in [0, 0.05) is 21.5 Å². The van der Waals surface area contributed by atoms with Crippen LogP contribution in [0.5, 0.6) is 0 Å². The summed E-state index contributed by atoms with van der Waals surface area (Å²) in [5.74, 6) is -0.254. The van der Waals surface area contributed by atoms with Crippen molar-refractivity contribution in [3.63, 3.8) is 0 Å². The molecule has 4 rings (SSSR count). The van der Waals surface area contributed by atoms with Crippen LogP contribution in [0.2, 0.25) is 0 Å². The van der Waals surface area contributed by atoms with Crippen molar-refractivity contribution in [3.8, 4) is 10.4 Å². The molecule has 1 N–H and O–H groups in total. The molecule has 0 fully saturated rings. The average molecular weight is 381 g/mol. The highest BCUT2D eigenvalue weighted by molar-refractivity contribution is 7.18. The number of nitrogens with zero attached hydrogens (tertiary/aromatic N) is 2. The van der Waals surface area contributed by atoms with Gasteiger partial charge in [0.25, 0.3) is 5.56 Å². The Hall–Kier alpha value is -2.77. The standard InChI is InChI=1S/C19H15N3O2S2/c1-12-5-2-3-6-14(12)21-16(23)9-22-11-20-18-17(19(22)24)13(10-26-18)15-7-4-8-25-15/h2-8,10-11H,9H2,1H3,(H,21,23). The number of carbonyl (C=O) groups is 1. The number of thiophene rings is 2. The Morgan fingerprint density at radius 2 is 2.04 bits per heavy atom. The van der Waals surface area contributed by atoms with E-state index in [1.807, 2.05) is 54.1 Å². The average Bonchev–Trinajstić information content (AvgIpc) is 3.29. The second kappa shape index (κ2) is 6.86. The van der Waals surface area contributed by atoms with Crippen molar-refractivity contribution in [1.82, 2.24) is 9.55 Å². The van der Waals surface area contributed by atoms with Gasteiger partial charge < -0.3 is 5.32 Å². The van der Waals surface area contributed by atoms with E-state index in [9.17, 15) is 9.59 Å². The summed E-state index contributed by atoms with van der Waals surface area (Å²) in [7, 11) is 0. The lowest BCUT2D eigenvalue weighted by Crippen LogP contribution is -2.28. The van der Waals surface area contributed by atoms with Crippen LogP contribution >= 0.6 is 22.7 Å². The van der Waals surface area contributed by atoms with Crippen LogP contribution in [0.3, 0.4) is 0 Å². The Labute approximate surface area is 157 Å². The lowest BCUT2D eigenvalue weighted by molar-refractivity contribution is -0.116. The molecule has 0 spiro atoms. The molecule has 0 unspecified atom stereocenters. The number of aryl methyl sites for hydroxylation is 1. The Bertz CT molecular complexity index is 1140. The molecular formula is C19H15N3O2S2. The van der Waals surface area contributed by atoms with Crippen LogP contribution in [0.4, 0.5) is 5.69 Å². The van der Waals surface area contributed by atoms with E-state index in [-0.39, 0.29) is 18.0 Å². The lowest BCUT2D eigenvalue weighted by Gasteiger charge is -2.09. The number of para-hydroxylation sites is 1. The van der Waals surface area contributed by atoms with Crippen molar-refractivity contribution in [2.24, 2.45) is 0 Å². The number of rotatable bonds is 4. The van der Waals surface area contributed by atoms with Crippen LogP contribution in [0.15, 0.2) is 58.3 Å². The number of fused-ring (bicyclic) bond motifs is 1. The highest BCUT2D eigenvalue weighted by atomic mass is 32.1. The molecule has 0 radical (unpaired) electrons. The van der Waals surface area contributed by atoms with Crippen molar-refractivity contribution in [2.45, 2.75) is 13.5 Å². The molecule has 0 saturated carbocycles. The van der Waals surface area contributed by atoms with Crippen LogP contribution < -0.4 is 10.9 Å². The van der Waals surface area contributed by atoms with Gasteiger partial charge in [0.2, 0.25) is 5.91 Å². The van der Waals surface area contributed by atoms with E-state index in [1.165, 1.54) is 22.2 Å². The molecule has 0 aliphatic heterocycles.